The van der Waals surface area contributed by atoms with E-state index in [1.807, 2.05) is 25.1 Å². The van der Waals surface area contributed by atoms with Crippen molar-refractivity contribution in [3.05, 3.63) is 35.4 Å². The molecule has 0 saturated carbocycles. The Balaban J connectivity index is 1.93. The molecule has 0 aliphatic carbocycles. The van der Waals surface area contributed by atoms with Gasteiger partial charge in [-0.2, -0.15) is 17.0 Å². The molecule has 7 heteroatoms. The van der Waals surface area contributed by atoms with Crippen LogP contribution in [0, 0.1) is 6.92 Å². The summed E-state index contributed by atoms with van der Waals surface area (Å²) in [6.07, 6.45) is 1.26. The minimum Gasteiger partial charge on any atom is -0.349 e. The average Bonchev–Trinajstić information content (AvgIpc) is 2.48. The summed E-state index contributed by atoms with van der Waals surface area (Å²) in [7, 11) is -0.298. The summed E-state index contributed by atoms with van der Waals surface area (Å²) in [4.78, 5) is 12.3. The number of benzene rings is 1. The molecule has 1 fully saturated rings. The van der Waals surface area contributed by atoms with Gasteiger partial charge in [0.25, 0.3) is 16.1 Å². The summed E-state index contributed by atoms with van der Waals surface area (Å²) in [5.74, 6) is -0.0907. The van der Waals surface area contributed by atoms with Gasteiger partial charge >= 0.3 is 0 Å². The van der Waals surface area contributed by atoms with Crippen LogP contribution in [-0.2, 0) is 10.2 Å². The number of carbonyl (C=O) groups excluding carboxylic acids is 1. The highest BCUT2D eigenvalue weighted by Gasteiger charge is 2.30. The van der Waals surface area contributed by atoms with Crippen molar-refractivity contribution in [2.45, 2.75) is 25.8 Å². The topological polar surface area (TPSA) is 69.7 Å². The van der Waals surface area contributed by atoms with Crippen molar-refractivity contribution in [1.82, 2.24) is 13.9 Å². The van der Waals surface area contributed by atoms with E-state index in [4.69, 9.17) is 0 Å². The van der Waals surface area contributed by atoms with Gasteiger partial charge in [-0.05, 0) is 31.4 Å². The van der Waals surface area contributed by atoms with Gasteiger partial charge in [-0.1, -0.05) is 18.2 Å². The zero-order valence-corrected chi connectivity index (χ0v) is 14.1. The smallest absolute Gasteiger partial charge is 0.281 e. The Bertz CT molecular complexity index is 635. The molecule has 122 valence electrons. The molecule has 0 atom stereocenters. The highest BCUT2D eigenvalue weighted by atomic mass is 32.2. The van der Waals surface area contributed by atoms with E-state index in [-0.39, 0.29) is 11.9 Å². The van der Waals surface area contributed by atoms with Crippen LogP contribution in [0.4, 0.5) is 0 Å². The minimum absolute atomic E-state index is 0.0146. The zero-order valence-electron chi connectivity index (χ0n) is 13.2. The monoisotopic (exact) mass is 325 g/mol. The second-order valence-electron chi connectivity index (χ2n) is 5.75. The Morgan fingerprint density at radius 1 is 1.23 bits per heavy atom. The fraction of sp³-hybridized carbons (Fsp3) is 0.533. The fourth-order valence-electron chi connectivity index (χ4n) is 2.55. The van der Waals surface area contributed by atoms with Crippen molar-refractivity contribution in [3.8, 4) is 0 Å². The molecule has 0 spiro atoms. The molecule has 0 radical (unpaired) electrons. The number of carbonyl (C=O) groups is 1. The van der Waals surface area contributed by atoms with Crippen LogP contribution in [0.25, 0.3) is 0 Å². The van der Waals surface area contributed by atoms with Crippen molar-refractivity contribution in [1.29, 1.82) is 0 Å². The molecular formula is C15H23N3O3S. The Kier molecular flexibility index (Phi) is 5.20. The average molecular weight is 325 g/mol. The van der Waals surface area contributed by atoms with Crippen LogP contribution < -0.4 is 5.32 Å². The molecular weight excluding hydrogens is 302 g/mol. The van der Waals surface area contributed by atoms with Gasteiger partial charge in [-0.15, -0.1) is 0 Å². The van der Waals surface area contributed by atoms with Crippen molar-refractivity contribution in [2.24, 2.45) is 0 Å². The summed E-state index contributed by atoms with van der Waals surface area (Å²) in [6, 6.07) is 7.46. The van der Waals surface area contributed by atoms with Gasteiger partial charge in [0, 0.05) is 38.8 Å². The number of hydrogen-bond acceptors (Lipinski definition) is 3. The second-order valence-corrected chi connectivity index (χ2v) is 7.89. The van der Waals surface area contributed by atoms with Crippen molar-refractivity contribution >= 4 is 16.1 Å². The van der Waals surface area contributed by atoms with Gasteiger partial charge in [0.1, 0.15) is 0 Å². The summed E-state index contributed by atoms with van der Waals surface area (Å²) in [6.45, 7) is 2.76. The Hall–Kier alpha value is -1.44. The lowest BCUT2D eigenvalue weighted by Gasteiger charge is -2.33. The number of nitrogens with zero attached hydrogens (tertiary/aromatic N) is 2. The quantitative estimate of drug-likeness (QED) is 0.898. The molecule has 2 rings (SSSR count). The lowest BCUT2D eigenvalue weighted by molar-refractivity contribution is 0.0923. The van der Waals surface area contributed by atoms with E-state index in [1.165, 1.54) is 22.7 Å². The summed E-state index contributed by atoms with van der Waals surface area (Å²) >= 11 is 0. The first-order chi connectivity index (χ1) is 10.3. The van der Waals surface area contributed by atoms with Crippen molar-refractivity contribution in [3.63, 3.8) is 0 Å². The van der Waals surface area contributed by atoms with Crippen LogP contribution in [0.15, 0.2) is 24.3 Å². The van der Waals surface area contributed by atoms with E-state index < -0.39 is 10.2 Å². The summed E-state index contributed by atoms with van der Waals surface area (Å²) < 4.78 is 26.8. The van der Waals surface area contributed by atoms with Crippen molar-refractivity contribution < 1.29 is 13.2 Å². The van der Waals surface area contributed by atoms with E-state index in [0.717, 1.165) is 5.56 Å². The number of rotatable bonds is 4. The fourth-order valence-corrected chi connectivity index (χ4v) is 3.69. The van der Waals surface area contributed by atoms with Crippen LogP contribution in [0.2, 0.25) is 0 Å². The molecule has 0 aromatic heterocycles. The van der Waals surface area contributed by atoms with E-state index in [2.05, 4.69) is 5.32 Å². The molecule has 1 heterocycles. The number of piperidine rings is 1. The lowest BCUT2D eigenvalue weighted by atomic mass is 10.0. The maximum Gasteiger partial charge on any atom is 0.281 e. The zero-order chi connectivity index (χ0) is 16.3. The largest absolute Gasteiger partial charge is 0.349 e. The maximum atomic E-state index is 12.3. The first-order valence-corrected chi connectivity index (χ1v) is 8.76. The highest BCUT2D eigenvalue weighted by Crippen LogP contribution is 2.16. The Morgan fingerprint density at radius 2 is 1.82 bits per heavy atom. The molecule has 1 aliphatic rings. The third kappa shape index (κ3) is 3.66. The molecule has 1 amide bonds. The van der Waals surface area contributed by atoms with E-state index in [0.29, 0.717) is 31.5 Å². The number of amides is 1. The molecule has 1 saturated heterocycles. The predicted octanol–water partition coefficient (Wildman–Crippen LogP) is 0.996. The SMILES string of the molecule is Cc1ccccc1C(=O)NC1CCN(S(=O)(=O)N(C)C)CC1. The van der Waals surface area contributed by atoms with Gasteiger partial charge in [0.05, 0.1) is 0 Å². The Morgan fingerprint density at radius 3 is 2.36 bits per heavy atom. The van der Waals surface area contributed by atoms with Crippen LogP contribution >= 0.6 is 0 Å². The van der Waals surface area contributed by atoms with E-state index >= 15 is 0 Å². The van der Waals surface area contributed by atoms with Crippen molar-refractivity contribution in [2.75, 3.05) is 27.2 Å². The molecule has 0 unspecified atom stereocenters. The first kappa shape index (κ1) is 16.9. The van der Waals surface area contributed by atoms with Crippen LogP contribution in [-0.4, -0.2) is 56.2 Å². The number of hydrogen-bond donors (Lipinski definition) is 1. The van der Waals surface area contributed by atoms with Crippen LogP contribution in [0.5, 0.6) is 0 Å². The molecule has 1 N–H and O–H groups in total. The highest BCUT2D eigenvalue weighted by molar-refractivity contribution is 7.86. The normalized spacial score (nSPS) is 17.6. The van der Waals surface area contributed by atoms with E-state index in [9.17, 15) is 13.2 Å². The van der Waals surface area contributed by atoms with Crippen LogP contribution in [0.3, 0.4) is 0 Å². The molecule has 1 aliphatic heterocycles. The maximum absolute atomic E-state index is 12.3. The molecule has 1 aromatic carbocycles. The molecule has 0 bridgehead atoms. The standard InChI is InChI=1S/C15H23N3O3S/c1-12-6-4-5-7-14(12)15(19)16-13-8-10-18(11-9-13)22(20,21)17(2)3/h4-7,13H,8-11H2,1-3H3,(H,16,19). The first-order valence-electron chi connectivity index (χ1n) is 7.36. The molecule has 6 nitrogen and oxygen atoms in total. The van der Waals surface area contributed by atoms with Gasteiger partial charge in [-0.25, -0.2) is 0 Å². The minimum atomic E-state index is -3.36. The third-order valence-electron chi connectivity index (χ3n) is 3.97. The molecule has 1 aromatic rings. The van der Waals surface area contributed by atoms with Crippen LogP contribution in [0.1, 0.15) is 28.8 Å². The van der Waals surface area contributed by atoms with E-state index in [1.54, 1.807) is 6.07 Å². The van der Waals surface area contributed by atoms with Gasteiger partial charge in [0.2, 0.25) is 0 Å². The van der Waals surface area contributed by atoms with Gasteiger partial charge < -0.3 is 5.32 Å². The predicted molar refractivity (Wildman–Crippen MR) is 85.8 cm³/mol. The third-order valence-corrected chi connectivity index (χ3v) is 5.91. The summed E-state index contributed by atoms with van der Waals surface area (Å²) in [5.41, 5.74) is 1.61. The van der Waals surface area contributed by atoms with Gasteiger partial charge in [0.15, 0.2) is 0 Å². The van der Waals surface area contributed by atoms with Gasteiger partial charge in [-0.3, -0.25) is 4.79 Å². The Labute approximate surface area is 132 Å². The lowest BCUT2D eigenvalue weighted by Crippen LogP contribution is -2.49. The number of nitrogens with one attached hydrogen (secondary N) is 1. The summed E-state index contributed by atoms with van der Waals surface area (Å²) in [5, 5.41) is 3.00. The number of aryl methyl sites for hydroxylation is 1. The second kappa shape index (κ2) is 6.76. The molecule has 22 heavy (non-hydrogen) atoms.